The third-order valence-corrected chi connectivity index (χ3v) is 5.23. The van der Waals surface area contributed by atoms with Gasteiger partial charge in [0.05, 0.1) is 10.5 Å². The maximum Gasteiger partial charge on any atom is 0.419 e. The Bertz CT molecular complexity index is 1290. The molecule has 0 heterocycles. The molecular formula is C19H9F8NO2S. The van der Waals surface area contributed by atoms with Crippen molar-refractivity contribution in [3.63, 3.8) is 0 Å². The van der Waals surface area contributed by atoms with Crippen molar-refractivity contribution in [2.45, 2.75) is 11.1 Å². The molecule has 0 saturated carbocycles. The molecule has 3 aromatic rings. The average molecular weight is 467 g/mol. The fraction of sp³-hybridized carbons (Fsp3) is 0.0526. The third-order valence-electron chi connectivity index (χ3n) is 4.30. The second kappa shape index (κ2) is 7.61. The summed E-state index contributed by atoms with van der Waals surface area (Å²) in [4.78, 5) is -0.456. The first kappa shape index (κ1) is 22.7. The first-order valence-corrected chi connectivity index (χ1v) is 9.64. The van der Waals surface area contributed by atoms with Crippen LogP contribution in [0.25, 0.3) is 22.3 Å². The molecule has 0 amide bonds. The summed E-state index contributed by atoms with van der Waals surface area (Å²) in [6, 6.07) is 4.48. The van der Waals surface area contributed by atoms with Gasteiger partial charge in [-0.1, -0.05) is 18.2 Å². The average Bonchev–Trinajstić information content (AvgIpc) is 2.68. The van der Waals surface area contributed by atoms with Crippen molar-refractivity contribution in [3.8, 4) is 22.3 Å². The lowest BCUT2D eigenvalue weighted by Crippen LogP contribution is -2.12. The molecular weight excluding hydrogens is 458 g/mol. The maximum atomic E-state index is 14.6. The van der Waals surface area contributed by atoms with Crippen LogP contribution in [-0.2, 0) is 16.2 Å². The van der Waals surface area contributed by atoms with E-state index in [2.05, 4.69) is 0 Å². The Morgan fingerprint density at radius 2 is 1.13 bits per heavy atom. The quantitative estimate of drug-likeness (QED) is 0.319. The zero-order valence-corrected chi connectivity index (χ0v) is 15.7. The number of primary sulfonamides is 1. The molecule has 3 nitrogen and oxygen atoms in total. The van der Waals surface area contributed by atoms with Crippen molar-refractivity contribution in [1.82, 2.24) is 0 Å². The van der Waals surface area contributed by atoms with E-state index in [1.165, 1.54) is 0 Å². The molecule has 2 N–H and O–H groups in total. The van der Waals surface area contributed by atoms with Gasteiger partial charge in [-0.3, -0.25) is 0 Å². The van der Waals surface area contributed by atoms with Crippen LogP contribution in [0.5, 0.6) is 0 Å². The molecule has 3 aromatic carbocycles. The Hall–Kier alpha value is -2.99. The van der Waals surface area contributed by atoms with Gasteiger partial charge in [0.2, 0.25) is 10.0 Å². The number of nitrogens with two attached hydrogens (primary N) is 1. The second-order valence-electron chi connectivity index (χ2n) is 6.27. The van der Waals surface area contributed by atoms with Gasteiger partial charge >= 0.3 is 6.18 Å². The zero-order chi connectivity index (χ0) is 23.3. The summed E-state index contributed by atoms with van der Waals surface area (Å²) in [5.74, 6) is -10.2. The Kier molecular flexibility index (Phi) is 5.57. The van der Waals surface area contributed by atoms with E-state index in [1.807, 2.05) is 0 Å². The lowest BCUT2D eigenvalue weighted by molar-refractivity contribution is -0.139. The minimum absolute atomic E-state index is 0.118. The molecule has 0 fully saturated rings. The van der Waals surface area contributed by atoms with Crippen LogP contribution in [0.1, 0.15) is 5.56 Å². The highest BCUT2D eigenvalue weighted by atomic mass is 32.2. The van der Waals surface area contributed by atoms with E-state index in [0.29, 0.717) is 12.1 Å². The van der Waals surface area contributed by atoms with Gasteiger partial charge in [0.1, 0.15) is 5.82 Å². The smallest absolute Gasteiger partial charge is 0.225 e. The molecule has 0 spiro atoms. The van der Waals surface area contributed by atoms with Crippen LogP contribution in [-0.4, -0.2) is 8.42 Å². The SMILES string of the molecule is NS(=O)(=O)c1ccc(-c2c(F)c(F)c(F)c(F)c2-c2ccc(F)c(C(F)(F)F)c2)cc1. The van der Waals surface area contributed by atoms with Gasteiger partial charge in [0, 0.05) is 11.1 Å². The third kappa shape index (κ3) is 4.12. The molecule has 164 valence electrons. The first-order valence-electron chi connectivity index (χ1n) is 8.09. The fourth-order valence-corrected chi connectivity index (χ4v) is 3.40. The molecule has 0 aromatic heterocycles. The van der Waals surface area contributed by atoms with Crippen LogP contribution in [0.2, 0.25) is 0 Å². The highest BCUT2D eigenvalue weighted by Crippen LogP contribution is 2.41. The van der Waals surface area contributed by atoms with Gasteiger partial charge < -0.3 is 0 Å². The Morgan fingerprint density at radius 3 is 1.58 bits per heavy atom. The molecule has 0 aliphatic carbocycles. The molecule has 0 bridgehead atoms. The number of benzene rings is 3. The summed E-state index contributed by atoms with van der Waals surface area (Å²) in [5.41, 5.74) is -5.17. The van der Waals surface area contributed by atoms with Crippen molar-refractivity contribution >= 4 is 10.0 Å². The van der Waals surface area contributed by atoms with Gasteiger partial charge in [-0.2, -0.15) is 13.2 Å². The van der Waals surface area contributed by atoms with E-state index < -0.39 is 78.0 Å². The van der Waals surface area contributed by atoms with Gasteiger partial charge in [-0.15, -0.1) is 0 Å². The van der Waals surface area contributed by atoms with Crippen LogP contribution in [0.15, 0.2) is 47.4 Å². The second-order valence-corrected chi connectivity index (χ2v) is 7.83. The fourth-order valence-electron chi connectivity index (χ4n) is 2.88. The summed E-state index contributed by atoms with van der Waals surface area (Å²) >= 11 is 0. The monoisotopic (exact) mass is 467 g/mol. The van der Waals surface area contributed by atoms with Gasteiger partial charge in [-0.25, -0.2) is 35.5 Å². The summed E-state index contributed by atoms with van der Waals surface area (Å²) in [5, 5.41) is 4.92. The molecule has 0 saturated heterocycles. The lowest BCUT2D eigenvalue weighted by atomic mass is 9.92. The maximum absolute atomic E-state index is 14.6. The number of alkyl halides is 3. The van der Waals surface area contributed by atoms with Crippen molar-refractivity contribution in [3.05, 3.63) is 77.1 Å². The number of halogens is 8. The highest BCUT2D eigenvalue weighted by Gasteiger charge is 2.35. The van der Waals surface area contributed by atoms with E-state index in [0.717, 1.165) is 24.3 Å². The molecule has 0 atom stereocenters. The predicted molar refractivity (Wildman–Crippen MR) is 93.5 cm³/mol. The largest absolute Gasteiger partial charge is 0.419 e. The summed E-state index contributed by atoms with van der Waals surface area (Å²) in [6.45, 7) is 0. The summed E-state index contributed by atoms with van der Waals surface area (Å²) in [6.07, 6.45) is -5.22. The summed E-state index contributed by atoms with van der Waals surface area (Å²) < 4.78 is 132. The van der Waals surface area contributed by atoms with Crippen LogP contribution < -0.4 is 5.14 Å². The van der Waals surface area contributed by atoms with Gasteiger partial charge in [-0.05, 0) is 35.4 Å². The van der Waals surface area contributed by atoms with E-state index in [1.54, 1.807) is 0 Å². The normalized spacial score (nSPS) is 12.3. The summed E-state index contributed by atoms with van der Waals surface area (Å²) in [7, 11) is -4.19. The molecule has 0 aliphatic heterocycles. The van der Waals surface area contributed by atoms with E-state index >= 15 is 0 Å². The molecule has 0 radical (unpaired) electrons. The topological polar surface area (TPSA) is 60.2 Å². The molecule has 3 rings (SSSR count). The minimum atomic E-state index is -5.22. The van der Waals surface area contributed by atoms with Crippen LogP contribution in [0.4, 0.5) is 35.1 Å². The number of sulfonamides is 1. The minimum Gasteiger partial charge on any atom is -0.225 e. The van der Waals surface area contributed by atoms with E-state index in [9.17, 15) is 43.5 Å². The first-order chi connectivity index (χ1) is 14.2. The molecule has 31 heavy (non-hydrogen) atoms. The number of rotatable bonds is 3. The van der Waals surface area contributed by atoms with Crippen molar-refractivity contribution in [2.24, 2.45) is 5.14 Å². The zero-order valence-electron chi connectivity index (χ0n) is 14.9. The Labute approximate surface area is 169 Å². The van der Waals surface area contributed by atoms with Crippen LogP contribution in [0.3, 0.4) is 0 Å². The van der Waals surface area contributed by atoms with Crippen molar-refractivity contribution in [1.29, 1.82) is 0 Å². The highest BCUT2D eigenvalue weighted by molar-refractivity contribution is 7.89. The van der Waals surface area contributed by atoms with E-state index in [4.69, 9.17) is 5.14 Å². The van der Waals surface area contributed by atoms with Gasteiger partial charge in [0.15, 0.2) is 23.3 Å². The lowest BCUT2D eigenvalue weighted by Gasteiger charge is -2.16. The Morgan fingerprint density at radius 1 is 0.677 bits per heavy atom. The van der Waals surface area contributed by atoms with Crippen molar-refractivity contribution in [2.75, 3.05) is 0 Å². The van der Waals surface area contributed by atoms with Crippen LogP contribution in [0, 0.1) is 29.1 Å². The van der Waals surface area contributed by atoms with E-state index in [-0.39, 0.29) is 6.07 Å². The van der Waals surface area contributed by atoms with Gasteiger partial charge in [0.25, 0.3) is 0 Å². The molecule has 0 unspecified atom stereocenters. The van der Waals surface area contributed by atoms with Crippen molar-refractivity contribution < 1.29 is 43.5 Å². The number of hydrogen-bond donors (Lipinski definition) is 1. The predicted octanol–water partition coefficient (Wildman–Crippen LogP) is 5.38. The van der Waals surface area contributed by atoms with Crippen LogP contribution >= 0.6 is 0 Å². The Balaban J connectivity index is 2.37. The molecule has 12 heteroatoms. The standard InChI is InChI=1S/C19H9F8NO2S/c20-12-6-3-9(7-11(12)19(25,26)27)14-13(15(21)17(23)18(24)16(14)22)8-1-4-10(5-2-8)31(28,29)30/h1-7H,(H2,28,29,30). The number of hydrogen-bond acceptors (Lipinski definition) is 2. The molecule has 0 aliphatic rings.